The summed E-state index contributed by atoms with van der Waals surface area (Å²) < 4.78 is 5.00. The fourth-order valence-corrected chi connectivity index (χ4v) is 4.29. The summed E-state index contributed by atoms with van der Waals surface area (Å²) in [6, 6.07) is 0. The Bertz CT molecular complexity index is 449. The van der Waals surface area contributed by atoms with Gasteiger partial charge in [0.05, 0.1) is 13.1 Å². The molecule has 1 aromatic heterocycles. The van der Waals surface area contributed by atoms with Crippen LogP contribution in [0, 0.1) is 0 Å². The Morgan fingerprint density at radius 3 is 1.57 bits per heavy atom. The number of imidazole rings is 1. The molecule has 164 valence electrons. The Hall–Kier alpha value is -0.790. The van der Waals surface area contributed by atoms with Crippen molar-refractivity contribution in [1.29, 1.82) is 0 Å². The maximum Gasteiger partial charge on any atom is 0.256 e. The Morgan fingerprint density at radius 1 is 0.607 bits per heavy atom. The van der Waals surface area contributed by atoms with Gasteiger partial charge in [-0.15, -0.1) is 0 Å². The van der Waals surface area contributed by atoms with Gasteiger partial charge in [0.2, 0.25) is 0 Å². The summed E-state index contributed by atoms with van der Waals surface area (Å²) in [6.45, 7) is 9.19. The first-order valence-corrected chi connectivity index (χ1v) is 12.9. The van der Waals surface area contributed by atoms with E-state index in [1.807, 2.05) is 0 Å². The van der Waals surface area contributed by atoms with Gasteiger partial charge in [-0.25, -0.2) is 9.13 Å². The van der Waals surface area contributed by atoms with E-state index < -0.39 is 0 Å². The molecule has 0 aromatic carbocycles. The number of hydrogen-bond donors (Lipinski definition) is 0. The smallest absolute Gasteiger partial charge is 0.235 e. The lowest BCUT2D eigenvalue weighted by Gasteiger charge is -2.05. The SMILES string of the molecule is CCCCCCCCCCCCCC[n+]1ccn(CC)c1CCCCCCC. The zero-order valence-corrected chi connectivity index (χ0v) is 19.7. The third-order valence-electron chi connectivity index (χ3n) is 6.19. The van der Waals surface area contributed by atoms with E-state index >= 15 is 0 Å². The average Bonchev–Trinajstić information content (AvgIpc) is 3.10. The van der Waals surface area contributed by atoms with Crippen molar-refractivity contribution < 1.29 is 4.57 Å². The van der Waals surface area contributed by atoms with Crippen LogP contribution in [0.3, 0.4) is 0 Å². The second-order valence-corrected chi connectivity index (χ2v) is 8.75. The fraction of sp³-hybridized carbons (Fsp3) is 0.885. The van der Waals surface area contributed by atoms with Gasteiger partial charge < -0.3 is 0 Å². The van der Waals surface area contributed by atoms with Gasteiger partial charge in [0, 0.05) is 6.42 Å². The standard InChI is InChI=1S/C26H51N2/c1-4-7-9-11-12-13-14-15-16-17-19-21-23-28-25-24-27(6-3)26(28)22-20-18-10-8-5-2/h24-25H,4-23H2,1-3H3/q+1. The lowest BCUT2D eigenvalue weighted by molar-refractivity contribution is -0.704. The summed E-state index contributed by atoms with van der Waals surface area (Å²) >= 11 is 0. The van der Waals surface area contributed by atoms with Gasteiger partial charge >= 0.3 is 0 Å². The van der Waals surface area contributed by atoms with E-state index in [0.29, 0.717) is 0 Å². The van der Waals surface area contributed by atoms with E-state index in [-0.39, 0.29) is 0 Å². The number of hydrogen-bond acceptors (Lipinski definition) is 0. The summed E-state index contributed by atoms with van der Waals surface area (Å²) in [6.07, 6.45) is 29.9. The molecule has 0 saturated heterocycles. The van der Waals surface area contributed by atoms with Gasteiger partial charge in [-0.1, -0.05) is 104 Å². The van der Waals surface area contributed by atoms with Crippen molar-refractivity contribution in [2.75, 3.05) is 0 Å². The second-order valence-electron chi connectivity index (χ2n) is 8.75. The summed E-state index contributed by atoms with van der Waals surface area (Å²) in [5.41, 5.74) is 0. The first kappa shape index (κ1) is 25.2. The number of aryl methyl sites for hydroxylation is 2. The average molecular weight is 392 g/mol. The Morgan fingerprint density at radius 2 is 1.07 bits per heavy atom. The molecule has 1 heterocycles. The predicted octanol–water partition coefficient (Wildman–Crippen LogP) is 8.01. The van der Waals surface area contributed by atoms with Crippen LogP contribution in [0.5, 0.6) is 0 Å². The molecule has 0 unspecified atom stereocenters. The normalized spacial score (nSPS) is 11.4. The summed E-state index contributed by atoms with van der Waals surface area (Å²) in [7, 11) is 0. The summed E-state index contributed by atoms with van der Waals surface area (Å²) in [5.74, 6) is 1.56. The van der Waals surface area contributed by atoms with Crippen LogP contribution in [0.4, 0.5) is 0 Å². The van der Waals surface area contributed by atoms with E-state index in [1.165, 1.54) is 122 Å². The zero-order valence-electron chi connectivity index (χ0n) is 19.7. The minimum atomic E-state index is 1.11. The molecule has 0 bridgehead atoms. The predicted molar refractivity (Wildman–Crippen MR) is 124 cm³/mol. The zero-order chi connectivity index (χ0) is 20.3. The van der Waals surface area contributed by atoms with Crippen LogP contribution in [0.25, 0.3) is 0 Å². The molecule has 2 heteroatoms. The van der Waals surface area contributed by atoms with Crippen molar-refractivity contribution in [3.05, 3.63) is 18.2 Å². The Kier molecular flexibility index (Phi) is 16.5. The summed E-state index contributed by atoms with van der Waals surface area (Å²) in [5, 5.41) is 0. The van der Waals surface area contributed by atoms with Crippen LogP contribution < -0.4 is 4.57 Å². The van der Waals surface area contributed by atoms with E-state index in [0.717, 1.165) is 6.54 Å². The third kappa shape index (κ3) is 11.9. The highest BCUT2D eigenvalue weighted by Crippen LogP contribution is 2.12. The number of unbranched alkanes of at least 4 members (excludes halogenated alkanes) is 15. The van der Waals surface area contributed by atoms with Crippen molar-refractivity contribution in [1.82, 2.24) is 4.57 Å². The van der Waals surface area contributed by atoms with Gasteiger partial charge in [0.15, 0.2) is 0 Å². The molecular formula is C26H51N2+. The molecule has 0 N–H and O–H groups in total. The molecule has 1 aromatic rings. The largest absolute Gasteiger partial charge is 0.256 e. The molecule has 0 fully saturated rings. The third-order valence-corrected chi connectivity index (χ3v) is 6.19. The molecule has 0 amide bonds. The van der Waals surface area contributed by atoms with Crippen molar-refractivity contribution in [2.24, 2.45) is 0 Å². The highest BCUT2D eigenvalue weighted by Gasteiger charge is 2.15. The van der Waals surface area contributed by atoms with Gasteiger partial charge in [-0.05, 0) is 26.2 Å². The first-order chi connectivity index (χ1) is 13.8. The van der Waals surface area contributed by atoms with E-state index in [4.69, 9.17) is 0 Å². The van der Waals surface area contributed by atoms with Crippen LogP contribution in [0.15, 0.2) is 12.4 Å². The van der Waals surface area contributed by atoms with Crippen LogP contribution in [-0.4, -0.2) is 4.57 Å². The number of nitrogens with zero attached hydrogens (tertiary/aromatic N) is 2. The van der Waals surface area contributed by atoms with Crippen LogP contribution in [-0.2, 0) is 19.5 Å². The number of rotatable bonds is 20. The fourth-order valence-electron chi connectivity index (χ4n) is 4.29. The van der Waals surface area contributed by atoms with E-state index in [1.54, 1.807) is 5.82 Å². The first-order valence-electron chi connectivity index (χ1n) is 12.9. The minimum Gasteiger partial charge on any atom is -0.235 e. The summed E-state index contributed by atoms with van der Waals surface area (Å²) in [4.78, 5) is 0. The Labute approximate surface area is 177 Å². The van der Waals surface area contributed by atoms with Crippen molar-refractivity contribution >= 4 is 0 Å². The molecule has 28 heavy (non-hydrogen) atoms. The van der Waals surface area contributed by atoms with Crippen LogP contribution >= 0.6 is 0 Å². The monoisotopic (exact) mass is 391 g/mol. The topological polar surface area (TPSA) is 8.81 Å². The van der Waals surface area contributed by atoms with Gasteiger partial charge in [0.25, 0.3) is 5.82 Å². The van der Waals surface area contributed by atoms with Gasteiger partial charge in [-0.2, -0.15) is 0 Å². The van der Waals surface area contributed by atoms with E-state index in [2.05, 4.69) is 42.3 Å². The molecule has 0 aliphatic heterocycles. The molecule has 0 aliphatic rings. The molecule has 1 rings (SSSR count). The minimum absolute atomic E-state index is 1.11. The van der Waals surface area contributed by atoms with E-state index in [9.17, 15) is 0 Å². The molecule has 0 aliphatic carbocycles. The highest BCUT2D eigenvalue weighted by molar-refractivity contribution is 4.83. The molecule has 0 radical (unpaired) electrons. The number of aromatic nitrogens is 2. The Balaban J connectivity index is 2.09. The maximum absolute atomic E-state index is 2.54. The lowest BCUT2D eigenvalue weighted by Crippen LogP contribution is -2.37. The lowest BCUT2D eigenvalue weighted by atomic mass is 10.1. The quantitative estimate of drug-likeness (QED) is 0.157. The molecule has 0 spiro atoms. The molecule has 0 saturated carbocycles. The molecular weight excluding hydrogens is 340 g/mol. The molecule has 0 atom stereocenters. The van der Waals surface area contributed by atoms with Crippen molar-refractivity contribution in [2.45, 2.75) is 149 Å². The van der Waals surface area contributed by atoms with Crippen LogP contribution in [0.1, 0.15) is 136 Å². The van der Waals surface area contributed by atoms with Crippen LogP contribution in [0.2, 0.25) is 0 Å². The highest BCUT2D eigenvalue weighted by atomic mass is 15.1. The second kappa shape index (κ2) is 18.3. The van der Waals surface area contributed by atoms with Crippen molar-refractivity contribution in [3.63, 3.8) is 0 Å². The maximum atomic E-state index is 2.54. The van der Waals surface area contributed by atoms with Gasteiger partial charge in [-0.3, -0.25) is 0 Å². The molecule has 2 nitrogen and oxygen atoms in total. The van der Waals surface area contributed by atoms with Crippen molar-refractivity contribution in [3.8, 4) is 0 Å². The van der Waals surface area contributed by atoms with Gasteiger partial charge in [0.1, 0.15) is 12.4 Å².